The lowest BCUT2D eigenvalue weighted by Gasteiger charge is -2.11. The fourth-order valence-electron chi connectivity index (χ4n) is 1.97. The van der Waals surface area contributed by atoms with Gasteiger partial charge >= 0.3 is 0 Å². The highest BCUT2D eigenvalue weighted by Gasteiger charge is 2.15. The van der Waals surface area contributed by atoms with Gasteiger partial charge in [-0.1, -0.05) is 11.2 Å². The van der Waals surface area contributed by atoms with Crippen LogP contribution in [0.25, 0.3) is 0 Å². The average molecular weight is 292 g/mol. The minimum Gasteiger partial charge on any atom is -0.451 e. The molecule has 3 N–H and O–H groups in total. The number of aryl methyl sites for hydroxylation is 2. The van der Waals surface area contributed by atoms with Gasteiger partial charge in [0, 0.05) is 5.56 Å². The lowest BCUT2D eigenvalue weighted by Crippen LogP contribution is -2.14. The molecule has 2 aromatic rings. The lowest BCUT2D eigenvalue weighted by atomic mass is 10.1. The Balaban J connectivity index is 2.41. The number of halogens is 2. The maximum atomic E-state index is 13.9. The Labute approximate surface area is 120 Å². The molecular formula is C15H14F2N2O2. The normalized spacial score (nSPS) is 11.5. The number of benzene rings is 2. The number of hydrogen-bond acceptors (Lipinski definition) is 3. The zero-order valence-electron chi connectivity index (χ0n) is 11.5. The predicted molar refractivity (Wildman–Crippen MR) is 74.9 cm³/mol. The van der Waals surface area contributed by atoms with Crippen molar-refractivity contribution in [3.8, 4) is 11.5 Å². The van der Waals surface area contributed by atoms with Gasteiger partial charge in [0.25, 0.3) is 0 Å². The van der Waals surface area contributed by atoms with Gasteiger partial charge in [-0.25, -0.2) is 8.78 Å². The van der Waals surface area contributed by atoms with Gasteiger partial charge in [-0.3, -0.25) is 0 Å². The van der Waals surface area contributed by atoms with Crippen LogP contribution in [-0.2, 0) is 0 Å². The predicted octanol–water partition coefficient (Wildman–Crippen LogP) is 3.47. The molecule has 0 saturated heterocycles. The van der Waals surface area contributed by atoms with Crippen LogP contribution in [-0.4, -0.2) is 11.0 Å². The summed E-state index contributed by atoms with van der Waals surface area (Å²) >= 11 is 0. The van der Waals surface area contributed by atoms with Gasteiger partial charge in [0.05, 0.1) is 0 Å². The van der Waals surface area contributed by atoms with Gasteiger partial charge in [0.1, 0.15) is 5.75 Å². The Morgan fingerprint density at radius 3 is 2.05 bits per heavy atom. The molecule has 0 saturated carbocycles. The summed E-state index contributed by atoms with van der Waals surface area (Å²) in [5.41, 5.74) is 7.06. The first-order chi connectivity index (χ1) is 9.90. The van der Waals surface area contributed by atoms with Crippen LogP contribution < -0.4 is 10.5 Å². The number of ether oxygens (including phenoxy) is 1. The Morgan fingerprint density at radius 1 is 1.05 bits per heavy atom. The number of amidine groups is 1. The standard InChI is InChI=1S/C15H14F2N2O2/c1-8-3-9(2)5-11(4-8)21-14-12(16)6-10(7-13(14)17)15(18)19-20/h3-7,20H,1-2H3,(H2,18,19). The zero-order chi connectivity index (χ0) is 15.6. The third-order valence-electron chi connectivity index (χ3n) is 2.82. The number of nitrogens with zero attached hydrogens (tertiary/aromatic N) is 1. The molecule has 0 unspecified atom stereocenters. The average Bonchev–Trinajstić information content (AvgIpc) is 2.40. The summed E-state index contributed by atoms with van der Waals surface area (Å²) in [5.74, 6) is -2.45. The van der Waals surface area contributed by atoms with Crippen LogP contribution in [0, 0.1) is 25.5 Å². The van der Waals surface area contributed by atoms with Crippen LogP contribution in [0.2, 0.25) is 0 Å². The topological polar surface area (TPSA) is 67.8 Å². The molecular weight excluding hydrogens is 278 g/mol. The molecule has 2 rings (SSSR count). The van der Waals surface area contributed by atoms with Crippen LogP contribution in [0.1, 0.15) is 16.7 Å². The summed E-state index contributed by atoms with van der Waals surface area (Å²) in [7, 11) is 0. The van der Waals surface area contributed by atoms with Crippen molar-refractivity contribution in [1.29, 1.82) is 0 Å². The van der Waals surface area contributed by atoms with E-state index in [1.54, 1.807) is 12.1 Å². The van der Waals surface area contributed by atoms with Crippen molar-refractivity contribution in [3.05, 3.63) is 58.7 Å². The van der Waals surface area contributed by atoms with E-state index < -0.39 is 17.4 Å². The Kier molecular flexibility index (Phi) is 4.07. The zero-order valence-corrected chi connectivity index (χ0v) is 11.5. The first-order valence-electron chi connectivity index (χ1n) is 6.14. The molecule has 0 heterocycles. The highest BCUT2D eigenvalue weighted by atomic mass is 19.1. The Hall–Kier alpha value is -2.63. The summed E-state index contributed by atoms with van der Waals surface area (Å²) in [6.07, 6.45) is 0. The first kappa shape index (κ1) is 14.8. The smallest absolute Gasteiger partial charge is 0.198 e. The van der Waals surface area contributed by atoms with E-state index in [0.29, 0.717) is 5.75 Å². The third kappa shape index (κ3) is 3.28. The summed E-state index contributed by atoms with van der Waals surface area (Å²) in [4.78, 5) is 0. The van der Waals surface area contributed by atoms with Crippen molar-refractivity contribution in [3.63, 3.8) is 0 Å². The Bertz CT molecular complexity index is 672. The summed E-state index contributed by atoms with van der Waals surface area (Å²) in [6, 6.07) is 7.14. The van der Waals surface area contributed by atoms with Crippen molar-refractivity contribution in [2.75, 3.05) is 0 Å². The van der Waals surface area contributed by atoms with E-state index >= 15 is 0 Å². The molecule has 0 atom stereocenters. The number of oxime groups is 1. The second-order valence-corrected chi connectivity index (χ2v) is 4.68. The molecule has 0 aliphatic carbocycles. The molecule has 0 bridgehead atoms. The molecule has 0 amide bonds. The molecule has 6 heteroatoms. The van der Waals surface area contributed by atoms with Crippen molar-refractivity contribution in [1.82, 2.24) is 0 Å². The molecule has 0 fully saturated rings. The van der Waals surface area contributed by atoms with Crippen molar-refractivity contribution in [2.24, 2.45) is 10.9 Å². The second-order valence-electron chi connectivity index (χ2n) is 4.68. The second kappa shape index (κ2) is 5.78. The molecule has 110 valence electrons. The first-order valence-corrected chi connectivity index (χ1v) is 6.14. The lowest BCUT2D eigenvalue weighted by molar-refractivity contribution is 0.318. The van der Waals surface area contributed by atoms with E-state index in [0.717, 1.165) is 23.3 Å². The van der Waals surface area contributed by atoms with E-state index in [-0.39, 0.29) is 11.4 Å². The molecule has 0 aromatic heterocycles. The van der Waals surface area contributed by atoms with Gasteiger partial charge in [-0.15, -0.1) is 0 Å². The van der Waals surface area contributed by atoms with Crippen LogP contribution >= 0.6 is 0 Å². The van der Waals surface area contributed by atoms with E-state index in [4.69, 9.17) is 15.7 Å². The summed E-state index contributed by atoms with van der Waals surface area (Å²) in [6.45, 7) is 3.71. The molecule has 21 heavy (non-hydrogen) atoms. The van der Waals surface area contributed by atoms with Crippen LogP contribution in [0.5, 0.6) is 11.5 Å². The van der Waals surface area contributed by atoms with Gasteiger partial charge in [-0.05, 0) is 49.2 Å². The SMILES string of the molecule is Cc1cc(C)cc(Oc2c(F)cc(/C(N)=N/O)cc2F)c1. The van der Waals surface area contributed by atoms with E-state index in [9.17, 15) is 8.78 Å². The highest BCUT2D eigenvalue weighted by molar-refractivity contribution is 5.97. The van der Waals surface area contributed by atoms with E-state index in [1.165, 1.54) is 0 Å². The van der Waals surface area contributed by atoms with Crippen LogP contribution in [0.15, 0.2) is 35.5 Å². The van der Waals surface area contributed by atoms with Crippen molar-refractivity contribution >= 4 is 5.84 Å². The number of hydrogen-bond donors (Lipinski definition) is 2. The largest absolute Gasteiger partial charge is 0.451 e. The molecule has 0 spiro atoms. The van der Waals surface area contributed by atoms with Gasteiger partial charge in [0.2, 0.25) is 0 Å². The highest BCUT2D eigenvalue weighted by Crippen LogP contribution is 2.29. The van der Waals surface area contributed by atoms with E-state index in [2.05, 4.69) is 5.16 Å². The molecule has 2 aromatic carbocycles. The maximum Gasteiger partial charge on any atom is 0.198 e. The fourth-order valence-corrected chi connectivity index (χ4v) is 1.97. The fraction of sp³-hybridized carbons (Fsp3) is 0.133. The minimum absolute atomic E-state index is 0.0692. The monoisotopic (exact) mass is 292 g/mol. The molecule has 0 aliphatic heterocycles. The molecule has 4 nitrogen and oxygen atoms in total. The minimum atomic E-state index is -0.934. The van der Waals surface area contributed by atoms with Crippen LogP contribution in [0.3, 0.4) is 0 Å². The van der Waals surface area contributed by atoms with E-state index in [1.807, 2.05) is 19.9 Å². The molecule has 0 aliphatic rings. The maximum absolute atomic E-state index is 13.9. The Morgan fingerprint density at radius 2 is 1.57 bits per heavy atom. The number of rotatable bonds is 3. The molecule has 0 radical (unpaired) electrons. The third-order valence-corrected chi connectivity index (χ3v) is 2.82. The quantitative estimate of drug-likeness (QED) is 0.394. The van der Waals surface area contributed by atoms with Crippen molar-refractivity contribution in [2.45, 2.75) is 13.8 Å². The van der Waals surface area contributed by atoms with Gasteiger partial charge in [0.15, 0.2) is 23.2 Å². The number of nitrogens with two attached hydrogens (primary N) is 1. The summed E-state index contributed by atoms with van der Waals surface area (Å²) in [5, 5.41) is 11.2. The van der Waals surface area contributed by atoms with Crippen LogP contribution in [0.4, 0.5) is 8.78 Å². The van der Waals surface area contributed by atoms with Gasteiger partial charge < -0.3 is 15.7 Å². The van der Waals surface area contributed by atoms with Gasteiger partial charge in [-0.2, -0.15) is 0 Å². The summed E-state index contributed by atoms with van der Waals surface area (Å²) < 4.78 is 33.2. The van der Waals surface area contributed by atoms with Crippen molar-refractivity contribution < 1.29 is 18.7 Å².